The van der Waals surface area contributed by atoms with Crippen LogP contribution >= 0.6 is 0 Å². The van der Waals surface area contributed by atoms with Gasteiger partial charge in [0.25, 0.3) is 0 Å². The Morgan fingerprint density at radius 3 is 2.59 bits per heavy atom. The molecule has 3 unspecified atom stereocenters. The molecule has 0 aliphatic carbocycles. The fourth-order valence-electron chi connectivity index (χ4n) is 2.40. The molecule has 5 heteroatoms. The highest BCUT2D eigenvalue weighted by atomic mass is 16.6. The second-order valence-electron chi connectivity index (χ2n) is 4.87. The van der Waals surface area contributed by atoms with Crippen molar-refractivity contribution in [1.29, 1.82) is 0 Å². The van der Waals surface area contributed by atoms with Gasteiger partial charge in [-0.25, -0.2) is 0 Å². The van der Waals surface area contributed by atoms with E-state index >= 15 is 0 Å². The number of nitrogens with one attached hydrogen (secondary N) is 1. The fraction of sp³-hybridized carbons (Fsp3) is 0.917. The molecule has 2 aliphatic rings. The lowest BCUT2D eigenvalue weighted by molar-refractivity contribution is -0.164. The van der Waals surface area contributed by atoms with E-state index in [-0.39, 0.29) is 30.3 Å². The average Bonchev–Trinajstić information content (AvgIpc) is 2.28. The Morgan fingerprint density at radius 1 is 1.29 bits per heavy atom. The Hall–Kier alpha value is -0.650. The standard InChI is InChI=1S/C12H21NO4/c1-8-5-10(6-9(2)16-8)17-12(14)11-7-15-4-3-13-11/h8-11,13H,3-7H2,1-2H3. The van der Waals surface area contributed by atoms with Crippen LogP contribution in [0.4, 0.5) is 0 Å². The van der Waals surface area contributed by atoms with Gasteiger partial charge in [-0.3, -0.25) is 4.79 Å². The quantitative estimate of drug-likeness (QED) is 0.715. The summed E-state index contributed by atoms with van der Waals surface area (Å²) >= 11 is 0. The molecule has 3 atom stereocenters. The first-order chi connectivity index (χ1) is 8.15. The van der Waals surface area contributed by atoms with Crippen LogP contribution in [0.15, 0.2) is 0 Å². The minimum absolute atomic E-state index is 0.0232. The van der Waals surface area contributed by atoms with Gasteiger partial charge in [0.1, 0.15) is 12.1 Å². The summed E-state index contributed by atoms with van der Waals surface area (Å²) in [7, 11) is 0. The maximum absolute atomic E-state index is 11.9. The normalized spacial score (nSPS) is 38.7. The topological polar surface area (TPSA) is 56.8 Å². The third kappa shape index (κ3) is 3.66. The highest BCUT2D eigenvalue weighted by Crippen LogP contribution is 2.22. The van der Waals surface area contributed by atoms with Crippen molar-refractivity contribution in [2.45, 2.75) is 51.0 Å². The number of morpholine rings is 1. The molecule has 0 aromatic carbocycles. The van der Waals surface area contributed by atoms with Crippen molar-refractivity contribution in [2.75, 3.05) is 19.8 Å². The van der Waals surface area contributed by atoms with Crippen molar-refractivity contribution in [3.63, 3.8) is 0 Å². The minimum Gasteiger partial charge on any atom is -0.461 e. The van der Waals surface area contributed by atoms with Gasteiger partial charge in [0.05, 0.1) is 25.4 Å². The number of carbonyl (C=O) groups excluding carboxylic acids is 1. The smallest absolute Gasteiger partial charge is 0.325 e. The molecule has 17 heavy (non-hydrogen) atoms. The molecule has 0 spiro atoms. The van der Waals surface area contributed by atoms with Crippen LogP contribution in [0.2, 0.25) is 0 Å². The van der Waals surface area contributed by atoms with Crippen molar-refractivity contribution < 1.29 is 19.0 Å². The van der Waals surface area contributed by atoms with Crippen LogP contribution < -0.4 is 5.32 Å². The zero-order valence-corrected chi connectivity index (χ0v) is 10.5. The summed E-state index contributed by atoms with van der Waals surface area (Å²) in [6.07, 6.45) is 1.86. The Balaban J connectivity index is 1.80. The van der Waals surface area contributed by atoms with Crippen LogP contribution in [0.3, 0.4) is 0 Å². The number of ether oxygens (including phenoxy) is 3. The average molecular weight is 243 g/mol. The van der Waals surface area contributed by atoms with Crippen molar-refractivity contribution in [3.05, 3.63) is 0 Å². The fourth-order valence-corrected chi connectivity index (χ4v) is 2.40. The van der Waals surface area contributed by atoms with Gasteiger partial charge in [-0.15, -0.1) is 0 Å². The highest BCUT2D eigenvalue weighted by Gasteiger charge is 2.30. The molecular formula is C12H21NO4. The van der Waals surface area contributed by atoms with Crippen molar-refractivity contribution in [2.24, 2.45) is 0 Å². The van der Waals surface area contributed by atoms with E-state index in [2.05, 4.69) is 5.32 Å². The molecule has 2 aliphatic heterocycles. The lowest BCUT2D eigenvalue weighted by Crippen LogP contribution is -2.49. The summed E-state index contributed by atoms with van der Waals surface area (Å²) < 4.78 is 16.4. The van der Waals surface area contributed by atoms with Gasteiger partial charge in [0.15, 0.2) is 0 Å². The molecule has 0 saturated carbocycles. The molecule has 5 nitrogen and oxygen atoms in total. The van der Waals surface area contributed by atoms with E-state index in [1.165, 1.54) is 0 Å². The summed E-state index contributed by atoms with van der Waals surface area (Å²) in [6.45, 7) is 5.81. The molecule has 0 aromatic heterocycles. The molecule has 2 heterocycles. The number of hydrogen-bond acceptors (Lipinski definition) is 5. The van der Waals surface area contributed by atoms with E-state index in [4.69, 9.17) is 14.2 Å². The van der Waals surface area contributed by atoms with E-state index in [9.17, 15) is 4.79 Å². The second-order valence-corrected chi connectivity index (χ2v) is 4.87. The molecule has 2 rings (SSSR count). The molecule has 0 aromatic rings. The third-order valence-electron chi connectivity index (χ3n) is 3.14. The number of esters is 1. The molecule has 0 amide bonds. The number of hydrogen-bond donors (Lipinski definition) is 1. The van der Waals surface area contributed by atoms with E-state index in [0.717, 1.165) is 12.8 Å². The Labute approximate surface area is 102 Å². The molecule has 0 bridgehead atoms. The molecule has 0 radical (unpaired) electrons. The SMILES string of the molecule is CC1CC(OC(=O)C2COCCN2)CC(C)O1. The number of carbonyl (C=O) groups is 1. The third-order valence-corrected chi connectivity index (χ3v) is 3.14. The first-order valence-electron chi connectivity index (χ1n) is 6.32. The molecule has 2 saturated heterocycles. The highest BCUT2D eigenvalue weighted by molar-refractivity contribution is 5.76. The largest absolute Gasteiger partial charge is 0.461 e. The lowest BCUT2D eigenvalue weighted by atomic mass is 10.0. The van der Waals surface area contributed by atoms with Crippen LogP contribution in [0, 0.1) is 0 Å². The lowest BCUT2D eigenvalue weighted by Gasteiger charge is -2.33. The molecule has 98 valence electrons. The first-order valence-corrected chi connectivity index (χ1v) is 6.32. The molecule has 1 N–H and O–H groups in total. The first kappa shape index (κ1) is 12.8. The van der Waals surface area contributed by atoms with Crippen LogP contribution in [0.25, 0.3) is 0 Å². The van der Waals surface area contributed by atoms with Gasteiger partial charge in [0.2, 0.25) is 0 Å². The van der Waals surface area contributed by atoms with Crippen LogP contribution in [0.1, 0.15) is 26.7 Å². The molecule has 2 fully saturated rings. The van der Waals surface area contributed by atoms with E-state index < -0.39 is 0 Å². The summed E-state index contributed by atoms with van der Waals surface area (Å²) in [5, 5.41) is 3.10. The Kier molecular flexibility index (Phi) is 4.36. The van der Waals surface area contributed by atoms with Gasteiger partial charge < -0.3 is 19.5 Å². The zero-order valence-electron chi connectivity index (χ0n) is 10.5. The Bertz CT molecular complexity index is 255. The predicted molar refractivity (Wildman–Crippen MR) is 61.7 cm³/mol. The summed E-state index contributed by atoms with van der Waals surface area (Å²) in [5.41, 5.74) is 0. The van der Waals surface area contributed by atoms with Crippen LogP contribution in [-0.4, -0.2) is 50.1 Å². The Morgan fingerprint density at radius 2 is 2.00 bits per heavy atom. The monoisotopic (exact) mass is 243 g/mol. The predicted octanol–water partition coefficient (Wildman–Crippen LogP) is 0.474. The van der Waals surface area contributed by atoms with Gasteiger partial charge in [-0.2, -0.15) is 0 Å². The van der Waals surface area contributed by atoms with Crippen molar-refractivity contribution in [1.82, 2.24) is 5.32 Å². The van der Waals surface area contributed by atoms with Gasteiger partial charge in [0, 0.05) is 19.4 Å². The van der Waals surface area contributed by atoms with E-state index in [0.29, 0.717) is 19.8 Å². The van der Waals surface area contributed by atoms with Crippen molar-refractivity contribution in [3.8, 4) is 0 Å². The molecular weight excluding hydrogens is 222 g/mol. The van der Waals surface area contributed by atoms with Crippen LogP contribution in [0.5, 0.6) is 0 Å². The number of rotatable bonds is 2. The van der Waals surface area contributed by atoms with Crippen LogP contribution in [-0.2, 0) is 19.0 Å². The van der Waals surface area contributed by atoms with Gasteiger partial charge in [-0.1, -0.05) is 0 Å². The summed E-state index contributed by atoms with van der Waals surface area (Å²) in [5.74, 6) is -0.198. The maximum atomic E-state index is 11.9. The maximum Gasteiger partial charge on any atom is 0.325 e. The zero-order chi connectivity index (χ0) is 12.3. The van der Waals surface area contributed by atoms with Gasteiger partial charge >= 0.3 is 5.97 Å². The van der Waals surface area contributed by atoms with E-state index in [1.807, 2.05) is 13.8 Å². The summed E-state index contributed by atoms with van der Waals surface area (Å²) in [4.78, 5) is 11.9. The summed E-state index contributed by atoms with van der Waals surface area (Å²) in [6, 6.07) is -0.308. The van der Waals surface area contributed by atoms with Crippen molar-refractivity contribution >= 4 is 5.97 Å². The van der Waals surface area contributed by atoms with E-state index in [1.54, 1.807) is 0 Å². The second kappa shape index (κ2) is 5.80. The minimum atomic E-state index is -0.308. The van der Waals surface area contributed by atoms with Gasteiger partial charge in [-0.05, 0) is 13.8 Å².